The Bertz CT molecular complexity index is 1020. The summed E-state index contributed by atoms with van der Waals surface area (Å²) < 4.78 is 2.09. The third-order valence-electron chi connectivity index (χ3n) is 4.20. The van der Waals surface area contributed by atoms with E-state index in [0.29, 0.717) is 18.1 Å². The first-order valence-electron chi connectivity index (χ1n) is 8.14. The van der Waals surface area contributed by atoms with Crippen LogP contribution in [-0.2, 0) is 6.54 Å². The Balaban J connectivity index is 1.90. The van der Waals surface area contributed by atoms with Crippen LogP contribution in [0.1, 0.15) is 17.0 Å². The molecule has 122 valence electrons. The molecule has 0 aliphatic heterocycles. The van der Waals surface area contributed by atoms with Crippen molar-refractivity contribution in [1.29, 1.82) is 0 Å². The molecule has 4 aromatic rings. The molecule has 0 spiro atoms. The van der Waals surface area contributed by atoms with Crippen molar-refractivity contribution in [2.45, 2.75) is 6.54 Å². The number of hydrogen-bond acceptors (Lipinski definition) is 3. The van der Waals surface area contributed by atoms with Crippen molar-refractivity contribution in [1.82, 2.24) is 9.55 Å². The Morgan fingerprint density at radius 2 is 1.48 bits per heavy atom. The molecule has 0 radical (unpaired) electrons. The molecule has 4 rings (SSSR count). The fourth-order valence-corrected chi connectivity index (χ4v) is 3.01. The number of oxime groups is 1. The molecule has 1 aromatic heterocycles. The third-order valence-corrected chi connectivity index (χ3v) is 4.20. The molecule has 0 unspecified atom stereocenters. The predicted octanol–water partition coefficient (Wildman–Crippen LogP) is 4.31. The summed E-state index contributed by atoms with van der Waals surface area (Å²) in [4.78, 5) is 4.73. The normalized spacial score (nSPS) is 11.8. The number of para-hydroxylation sites is 2. The highest BCUT2D eigenvalue weighted by atomic mass is 16.4. The Labute approximate surface area is 145 Å². The summed E-state index contributed by atoms with van der Waals surface area (Å²) in [5.41, 5.74) is 4.35. The lowest BCUT2D eigenvalue weighted by molar-refractivity contribution is 0.319. The SMILES string of the molecule is O/N=C(/c1ccccc1)c1nc2ccccc2n1Cc1ccccc1. The number of rotatable bonds is 4. The minimum absolute atomic E-state index is 0.465. The van der Waals surface area contributed by atoms with E-state index in [4.69, 9.17) is 4.98 Å². The lowest BCUT2D eigenvalue weighted by Gasteiger charge is -2.10. The number of aromatic nitrogens is 2. The Kier molecular flexibility index (Phi) is 4.01. The van der Waals surface area contributed by atoms with Crippen molar-refractivity contribution in [3.05, 3.63) is 102 Å². The number of fused-ring (bicyclic) bond motifs is 1. The van der Waals surface area contributed by atoms with Crippen LogP contribution in [0, 0.1) is 0 Å². The highest BCUT2D eigenvalue weighted by molar-refractivity contribution is 6.11. The zero-order valence-electron chi connectivity index (χ0n) is 13.6. The van der Waals surface area contributed by atoms with Gasteiger partial charge in [-0.15, -0.1) is 0 Å². The van der Waals surface area contributed by atoms with E-state index < -0.39 is 0 Å². The zero-order valence-corrected chi connectivity index (χ0v) is 13.6. The summed E-state index contributed by atoms with van der Waals surface area (Å²) >= 11 is 0. The van der Waals surface area contributed by atoms with E-state index in [2.05, 4.69) is 21.9 Å². The summed E-state index contributed by atoms with van der Waals surface area (Å²) in [7, 11) is 0. The molecule has 3 aromatic carbocycles. The predicted molar refractivity (Wildman–Crippen MR) is 99.1 cm³/mol. The van der Waals surface area contributed by atoms with Crippen LogP contribution >= 0.6 is 0 Å². The van der Waals surface area contributed by atoms with Gasteiger partial charge in [0.1, 0.15) is 0 Å². The lowest BCUT2D eigenvalue weighted by atomic mass is 10.1. The molecule has 25 heavy (non-hydrogen) atoms. The van der Waals surface area contributed by atoms with Crippen LogP contribution in [0.3, 0.4) is 0 Å². The topological polar surface area (TPSA) is 50.4 Å². The lowest BCUT2D eigenvalue weighted by Crippen LogP contribution is -2.13. The second-order valence-corrected chi connectivity index (χ2v) is 5.81. The van der Waals surface area contributed by atoms with Crippen LogP contribution in [0.25, 0.3) is 11.0 Å². The molecule has 1 heterocycles. The molecule has 0 saturated carbocycles. The maximum Gasteiger partial charge on any atom is 0.164 e. The third kappa shape index (κ3) is 2.90. The van der Waals surface area contributed by atoms with Crippen LogP contribution in [0.4, 0.5) is 0 Å². The fraction of sp³-hybridized carbons (Fsp3) is 0.0476. The van der Waals surface area contributed by atoms with Gasteiger partial charge in [0, 0.05) is 12.1 Å². The average Bonchev–Trinajstić information content (AvgIpc) is 3.03. The Morgan fingerprint density at radius 1 is 0.840 bits per heavy atom. The van der Waals surface area contributed by atoms with Crippen molar-refractivity contribution < 1.29 is 5.21 Å². The van der Waals surface area contributed by atoms with Crippen LogP contribution in [0.5, 0.6) is 0 Å². The number of nitrogens with zero attached hydrogens (tertiary/aromatic N) is 3. The van der Waals surface area contributed by atoms with Gasteiger partial charge >= 0.3 is 0 Å². The van der Waals surface area contributed by atoms with E-state index >= 15 is 0 Å². The van der Waals surface area contributed by atoms with Crippen molar-refractivity contribution in [2.75, 3.05) is 0 Å². The van der Waals surface area contributed by atoms with E-state index in [1.165, 1.54) is 0 Å². The first-order chi connectivity index (χ1) is 12.4. The molecule has 0 bridgehead atoms. The first-order valence-corrected chi connectivity index (χ1v) is 8.14. The standard InChI is InChI=1S/C21H17N3O/c25-23-20(17-11-5-2-6-12-17)21-22-18-13-7-8-14-19(18)24(21)15-16-9-3-1-4-10-16/h1-14,25H,15H2/b23-20-. The highest BCUT2D eigenvalue weighted by Gasteiger charge is 2.18. The average molecular weight is 327 g/mol. The molecule has 0 aliphatic rings. The molecule has 0 atom stereocenters. The number of imidazole rings is 1. The van der Waals surface area contributed by atoms with Crippen LogP contribution < -0.4 is 0 Å². The molecule has 0 aliphatic carbocycles. The van der Waals surface area contributed by atoms with Crippen LogP contribution in [0.2, 0.25) is 0 Å². The van der Waals surface area contributed by atoms with E-state index in [1.54, 1.807) is 0 Å². The van der Waals surface area contributed by atoms with Crippen molar-refractivity contribution in [2.24, 2.45) is 5.16 Å². The van der Waals surface area contributed by atoms with E-state index in [9.17, 15) is 5.21 Å². The molecule has 0 amide bonds. The summed E-state index contributed by atoms with van der Waals surface area (Å²) in [6.45, 7) is 0.655. The van der Waals surface area contributed by atoms with Gasteiger partial charge in [0.25, 0.3) is 0 Å². The van der Waals surface area contributed by atoms with Gasteiger partial charge in [-0.25, -0.2) is 4.98 Å². The van der Waals surface area contributed by atoms with Crippen LogP contribution in [0.15, 0.2) is 90.1 Å². The van der Waals surface area contributed by atoms with Gasteiger partial charge in [0.05, 0.1) is 11.0 Å². The number of benzene rings is 3. The van der Waals surface area contributed by atoms with Crippen molar-refractivity contribution >= 4 is 16.7 Å². The van der Waals surface area contributed by atoms with Crippen LogP contribution in [-0.4, -0.2) is 20.5 Å². The largest absolute Gasteiger partial charge is 0.410 e. The molecule has 4 nitrogen and oxygen atoms in total. The highest BCUT2D eigenvalue weighted by Crippen LogP contribution is 2.21. The van der Waals surface area contributed by atoms with Gasteiger partial charge < -0.3 is 9.77 Å². The molecule has 0 fully saturated rings. The van der Waals surface area contributed by atoms with Gasteiger partial charge in [-0.3, -0.25) is 0 Å². The molecule has 4 heteroatoms. The molecule has 0 saturated heterocycles. The molecular formula is C21H17N3O. The maximum absolute atomic E-state index is 9.68. The van der Waals surface area contributed by atoms with Crippen molar-refractivity contribution in [3.8, 4) is 0 Å². The van der Waals surface area contributed by atoms with E-state index in [0.717, 1.165) is 22.2 Å². The molecule has 1 N–H and O–H groups in total. The Hall–Kier alpha value is -3.40. The summed E-state index contributed by atoms with van der Waals surface area (Å²) in [5, 5.41) is 13.2. The fourth-order valence-electron chi connectivity index (χ4n) is 3.01. The van der Waals surface area contributed by atoms with Gasteiger partial charge in [0.15, 0.2) is 11.5 Å². The van der Waals surface area contributed by atoms with Gasteiger partial charge in [0.2, 0.25) is 0 Å². The second-order valence-electron chi connectivity index (χ2n) is 5.81. The summed E-state index contributed by atoms with van der Waals surface area (Å²) in [6, 6.07) is 27.8. The molecular weight excluding hydrogens is 310 g/mol. The monoisotopic (exact) mass is 327 g/mol. The van der Waals surface area contributed by atoms with E-state index in [-0.39, 0.29) is 0 Å². The minimum atomic E-state index is 0.465. The van der Waals surface area contributed by atoms with Gasteiger partial charge in [-0.2, -0.15) is 0 Å². The van der Waals surface area contributed by atoms with Gasteiger partial charge in [-0.1, -0.05) is 78.0 Å². The first kappa shape index (κ1) is 15.1. The van der Waals surface area contributed by atoms with Gasteiger partial charge in [-0.05, 0) is 17.7 Å². The summed E-state index contributed by atoms with van der Waals surface area (Å²) in [5.74, 6) is 0.652. The van der Waals surface area contributed by atoms with E-state index in [1.807, 2.05) is 72.8 Å². The Morgan fingerprint density at radius 3 is 2.20 bits per heavy atom. The summed E-state index contributed by atoms with van der Waals surface area (Å²) in [6.07, 6.45) is 0. The number of hydrogen-bond donors (Lipinski definition) is 1. The second kappa shape index (κ2) is 6.61. The maximum atomic E-state index is 9.68. The quantitative estimate of drug-likeness (QED) is 0.345. The smallest absolute Gasteiger partial charge is 0.164 e. The zero-order chi connectivity index (χ0) is 17.1. The van der Waals surface area contributed by atoms with Crippen molar-refractivity contribution in [3.63, 3.8) is 0 Å². The minimum Gasteiger partial charge on any atom is -0.410 e.